The standard InChI is InChI=1S/C13H13NO2S/c1-2-9-3-5-10(6-4-9)7-11-12(13(15)16)17-8-14-11/h3-6,8H,2,7H2,1H3,(H,15,16). The van der Waals surface area contributed by atoms with E-state index >= 15 is 0 Å². The molecule has 4 heteroatoms. The summed E-state index contributed by atoms with van der Waals surface area (Å²) < 4.78 is 0. The van der Waals surface area contributed by atoms with Crippen LogP contribution in [0.4, 0.5) is 0 Å². The van der Waals surface area contributed by atoms with E-state index in [1.165, 1.54) is 16.9 Å². The van der Waals surface area contributed by atoms with Gasteiger partial charge in [-0.15, -0.1) is 11.3 Å². The lowest BCUT2D eigenvalue weighted by Gasteiger charge is -2.01. The quantitative estimate of drug-likeness (QED) is 0.903. The summed E-state index contributed by atoms with van der Waals surface area (Å²) in [4.78, 5) is 15.4. The Morgan fingerprint density at radius 3 is 2.53 bits per heavy atom. The van der Waals surface area contributed by atoms with Gasteiger partial charge in [-0.1, -0.05) is 31.2 Å². The minimum Gasteiger partial charge on any atom is -0.477 e. The van der Waals surface area contributed by atoms with Gasteiger partial charge in [-0.2, -0.15) is 0 Å². The SMILES string of the molecule is CCc1ccc(Cc2ncsc2C(=O)O)cc1. The van der Waals surface area contributed by atoms with Gasteiger partial charge in [-0.25, -0.2) is 9.78 Å². The molecule has 2 aromatic rings. The lowest BCUT2D eigenvalue weighted by atomic mass is 10.1. The van der Waals surface area contributed by atoms with Crippen LogP contribution >= 0.6 is 11.3 Å². The molecule has 3 nitrogen and oxygen atoms in total. The predicted octanol–water partition coefficient (Wildman–Crippen LogP) is 2.99. The number of hydrogen-bond donors (Lipinski definition) is 1. The molecule has 0 unspecified atom stereocenters. The number of aromatic nitrogens is 1. The van der Waals surface area contributed by atoms with Crippen LogP contribution in [0.5, 0.6) is 0 Å². The maximum Gasteiger partial charge on any atom is 0.347 e. The van der Waals surface area contributed by atoms with Crippen LogP contribution < -0.4 is 0 Å². The maximum absolute atomic E-state index is 10.9. The number of aryl methyl sites for hydroxylation is 1. The Bertz CT molecular complexity index is 516. The maximum atomic E-state index is 10.9. The third-order valence-corrected chi connectivity index (χ3v) is 3.49. The average molecular weight is 247 g/mol. The van der Waals surface area contributed by atoms with Crippen molar-refractivity contribution >= 4 is 17.3 Å². The van der Waals surface area contributed by atoms with Crippen LogP contribution in [-0.2, 0) is 12.8 Å². The molecule has 0 aliphatic heterocycles. The van der Waals surface area contributed by atoms with Gasteiger partial charge in [0.1, 0.15) is 4.88 Å². The van der Waals surface area contributed by atoms with Crippen molar-refractivity contribution in [2.75, 3.05) is 0 Å². The summed E-state index contributed by atoms with van der Waals surface area (Å²) in [5.41, 5.74) is 4.60. The molecule has 0 bridgehead atoms. The molecule has 0 fully saturated rings. The van der Waals surface area contributed by atoms with Crippen molar-refractivity contribution in [3.05, 3.63) is 51.5 Å². The normalized spacial score (nSPS) is 10.4. The molecule has 88 valence electrons. The third-order valence-electron chi connectivity index (χ3n) is 2.64. The molecule has 1 aromatic carbocycles. The number of carboxylic acid groups (broad SMARTS) is 1. The van der Waals surface area contributed by atoms with Crippen molar-refractivity contribution in [2.24, 2.45) is 0 Å². The number of thiazole rings is 1. The van der Waals surface area contributed by atoms with Crippen molar-refractivity contribution in [3.8, 4) is 0 Å². The van der Waals surface area contributed by atoms with E-state index in [1.807, 2.05) is 12.1 Å². The molecule has 0 aliphatic rings. The molecule has 0 amide bonds. The lowest BCUT2D eigenvalue weighted by Crippen LogP contribution is -2.00. The zero-order valence-electron chi connectivity index (χ0n) is 9.51. The first-order chi connectivity index (χ1) is 8.20. The minimum atomic E-state index is -0.896. The summed E-state index contributed by atoms with van der Waals surface area (Å²) in [6, 6.07) is 8.21. The number of benzene rings is 1. The Balaban J connectivity index is 2.19. The van der Waals surface area contributed by atoms with Gasteiger partial charge in [0.15, 0.2) is 0 Å². The largest absolute Gasteiger partial charge is 0.477 e. The van der Waals surface area contributed by atoms with Crippen molar-refractivity contribution in [2.45, 2.75) is 19.8 Å². The monoisotopic (exact) mass is 247 g/mol. The van der Waals surface area contributed by atoms with Gasteiger partial charge in [-0.3, -0.25) is 0 Å². The summed E-state index contributed by atoms with van der Waals surface area (Å²) in [6.07, 6.45) is 1.59. The highest BCUT2D eigenvalue weighted by atomic mass is 32.1. The van der Waals surface area contributed by atoms with Crippen LogP contribution in [0.15, 0.2) is 29.8 Å². The molecule has 0 atom stereocenters. The first-order valence-corrected chi connectivity index (χ1v) is 6.32. The van der Waals surface area contributed by atoms with Gasteiger partial charge >= 0.3 is 5.97 Å². The van der Waals surface area contributed by atoms with Crippen LogP contribution in [0.25, 0.3) is 0 Å². The van der Waals surface area contributed by atoms with Gasteiger partial charge in [0, 0.05) is 6.42 Å². The van der Waals surface area contributed by atoms with E-state index in [9.17, 15) is 4.79 Å². The van der Waals surface area contributed by atoms with Crippen molar-refractivity contribution < 1.29 is 9.90 Å². The first kappa shape index (κ1) is 11.8. The molecule has 1 heterocycles. The van der Waals surface area contributed by atoms with E-state index < -0.39 is 5.97 Å². The smallest absolute Gasteiger partial charge is 0.347 e. The Hall–Kier alpha value is -1.68. The lowest BCUT2D eigenvalue weighted by molar-refractivity contribution is 0.0701. The van der Waals surface area contributed by atoms with Crippen molar-refractivity contribution in [1.29, 1.82) is 0 Å². The van der Waals surface area contributed by atoms with E-state index in [4.69, 9.17) is 5.11 Å². The third kappa shape index (κ3) is 2.71. The Morgan fingerprint density at radius 1 is 1.29 bits per heavy atom. The van der Waals surface area contributed by atoms with Gasteiger partial charge in [0.2, 0.25) is 0 Å². The second-order valence-corrected chi connectivity index (χ2v) is 4.63. The molecular weight excluding hydrogens is 234 g/mol. The average Bonchev–Trinajstić information content (AvgIpc) is 2.78. The van der Waals surface area contributed by atoms with Crippen molar-refractivity contribution in [3.63, 3.8) is 0 Å². The number of nitrogens with zero attached hydrogens (tertiary/aromatic N) is 1. The zero-order valence-corrected chi connectivity index (χ0v) is 10.3. The van der Waals surface area contributed by atoms with E-state index in [-0.39, 0.29) is 0 Å². The van der Waals surface area contributed by atoms with Crippen LogP contribution in [0.2, 0.25) is 0 Å². The van der Waals surface area contributed by atoms with E-state index in [0.717, 1.165) is 12.0 Å². The Morgan fingerprint density at radius 2 is 1.94 bits per heavy atom. The highest BCUT2D eigenvalue weighted by Gasteiger charge is 2.13. The fourth-order valence-corrected chi connectivity index (χ4v) is 2.30. The van der Waals surface area contributed by atoms with Gasteiger partial charge in [0.05, 0.1) is 11.2 Å². The molecule has 17 heavy (non-hydrogen) atoms. The summed E-state index contributed by atoms with van der Waals surface area (Å²) in [7, 11) is 0. The van der Waals surface area contributed by atoms with Gasteiger partial charge < -0.3 is 5.11 Å². The van der Waals surface area contributed by atoms with Crippen LogP contribution in [0.1, 0.15) is 33.4 Å². The van der Waals surface area contributed by atoms with Gasteiger partial charge in [0.25, 0.3) is 0 Å². The summed E-state index contributed by atoms with van der Waals surface area (Å²) >= 11 is 1.17. The summed E-state index contributed by atoms with van der Waals surface area (Å²) in [6.45, 7) is 2.11. The van der Waals surface area contributed by atoms with E-state index in [2.05, 4.69) is 24.0 Å². The number of carbonyl (C=O) groups is 1. The fraction of sp³-hybridized carbons (Fsp3) is 0.231. The number of rotatable bonds is 4. The molecule has 0 radical (unpaired) electrons. The van der Waals surface area contributed by atoms with E-state index in [1.54, 1.807) is 5.51 Å². The molecule has 0 spiro atoms. The number of carboxylic acids is 1. The Labute approximate surface area is 104 Å². The zero-order chi connectivity index (χ0) is 12.3. The van der Waals surface area contributed by atoms with E-state index in [0.29, 0.717) is 17.0 Å². The highest BCUT2D eigenvalue weighted by Crippen LogP contribution is 2.17. The van der Waals surface area contributed by atoms with Crippen molar-refractivity contribution in [1.82, 2.24) is 4.98 Å². The van der Waals surface area contributed by atoms with Crippen LogP contribution in [0, 0.1) is 0 Å². The topological polar surface area (TPSA) is 50.2 Å². The molecule has 0 saturated heterocycles. The van der Waals surface area contributed by atoms with Gasteiger partial charge in [-0.05, 0) is 17.5 Å². The summed E-state index contributed by atoms with van der Waals surface area (Å²) in [5, 5.41) is 8.99. The number of aromatic carboxylic acids is 1. The second kappa shape index (κ2) is 5.10. The molecule has 1 aromatic heterocycles. The molecule has 0 saturated carbocycles. The molecule has 0 aliphatic carbocycles. The summed E-state index contributed by atoms with van der Waals surface area (Å²) in [5.74, 6) is -0.896. The highest BCUT2D eigenvalue weighted by molar-refractivity contribution is 7.11. The number of hydrogen-bond acceptors (Lipinski definition) is 3. The molecular formula is C13H13NO2S. The first-order valence-electron chi connectivity index (χ1n) is 5.44. The minimum absolute atomic E-state index is 0.338. The Kier molecular flexibility index (Phi) is 3.54. The molecule has 1 N–H and O–H groups in total. The predicted molar refractivity (Wildman–Crippen MR) is 67.7 cm³/mol. The fourth-order valence-electron chi connectivity index (χ4n) is 1.66. The van der Waals surface area contributed by atoms with Crippen LogP contribution in [-0.4, -0.2) is 16.1 Å². The van der Waals surface area contributed by atoms with Crippen LogP contribution in [0.3, 0.4) is 0 Å². The molecule has 2 rings (SSSR count). The second-order valence-electron chi connectivity index (χ2n) is 3.78.